The summed E-state index contributed by atoms with van der Waals surface area (Å²) in [5, 5.41) is 3.41. The summed E-state index contributed by atoms with van der Waals surface area (Å²) in [7, 11) is 1.69. The predicted molar refractivity (Wildman–Crippen MR) is 94.1 cm³/mol. The lowest BCUT2D eigenvalue weighted by molar-refractivity contribution is -0.135. The number of para-hydroxylation sites is 1. The summed E-state index contributed by atoms with van der Waals surface area (Å²) < 4.78 is 5.49. The molecule has 1 aliphatic heterocycles. The van der Waals surface area contributed by atoms with E-state index in [9.17, 15) is 4.79 Å². The van der Waals surface area contributed by atoms with Crippen LogP contribution in [0.15, 0.2) is 24.3 Å². The first-order valence-electron chi connectivity index (χ1n) is 8.42. The minimum absolute atomic E-state index is 0. The number of methoxy groups -OCH3 is 1. The molecule has 1 aromatic carbocycles. The van der Waals surface area contributed by atoms with Crippen LogP contribution in [0.5, 0.6) is 5.75 Å². The Labute approximate surface area is 145 Å². The number of piperazine rings is 1. The number of nitrogens with zero attached hydrogens (tertiary/aromatic N) is 1. The molecular formula is C18H27ClN2O2. The monoisotopic (exact) mass is 338 g/mol. The zero-order chi connectivity index (χ0) is 15.4. The number of ether oxygens (including phenoxy) is 1. The van der Waals surface area contributed by atoms with Crippen molar-refractivity contribution in [2.75, 3.05) is 26.7 Å². The van der Waals surface area contributed by atoms with Crippen LogP contribution >= 0.6 is 12.4 Å². The molecule has 1 saturated heterocycles. The quantitative estimate of drug-likeness (QED) is 0.896. The average molecular weight is 339 g/mol. The summed E-state index contributed by atoms with van der Waals surface area (Å²) in [6.45, 7) is 2.46. The third kappa shape index (κ3) is 4.18. The van der Waals surface area contributed by atoms with E-state index in [0.29, 0.717) is 12.3 Å². The van der Waals surface area contributed by atoms with E-state index in [1.165, 1.54) is 19.3 Å². The van der Waals surface area contributed by atoms with Gasteiger partial charge in [-0.2, -0.15) is 0 Å². The highest BCUT2D eigenvalue weighted by molar-refractivity contribution is 5.85. The van der Waals surface area contributed by atoms with E-state index in [2.05, 4.69) is 11.4 Å². The summed E-state index contributed by atoms with van der Waals surface area (Å²) in [6.07, 6.45) is 5.71. The smallest absolute Gasteiger partial charge is 0.223 e. The molecule has 1 N–H and O–H groups in total. The minimum Gasteiger partial charge on any atom is -0.496 e. The molecule has 0 spiro atoms. The molecule has 1 amide bonds. The van der Waals surface area contributed by atoms with Gasteiger partial charge in [-0.15, -0.1) is 12.4 Å². The number of carbonyl (C=O) groups is 1. The zero-order valence-electron chi connectivity index (χ0n) is 13.8. The largest absolute Gasteiger partial charge is 0.496 e. The van der Waals surface area contributed by atoms with Gasteiger partial charge in [-0.25, -0.2) is 0 Å². The highest BCUT2D eigenvalue weighted by Gasteiger charge is 2.30. The predicted octanol–water partition coefficient (Wildman–Crippen LogP) is 3.17. The molecule has 2 fully saturated rings. The van der Waals surface area contributed by atoms with Gasteiger partial charge in [0.1, 0.15) is 5.75 Å². The molecule has 1 unspecified atom stereocenters. The van der Waals surface area contributed by atoms with E-state index in [1.54, 1.807) is 7.11 Å². The van der Waals surface area contributed by atoms with Gasteiger partial charge in [0, 0.05) is 31.6 Å². The van der Waals surface area contributed by atoms with E-state index in [-0.39, 0.29) is 18.4 Å². The maximum atomic E-state index is 12.7. The number of hydrogen-bond donors (Lipinski definition) is 1. The van der Waals surface area contributed by atoms with Crippen molar-refractivity contribution in [3.05, 3.63) is 29.8 Å². The van der Waals surface area contributed by atoms with Crippen molar-refractivity contribution in [2.24, 2.45) is 5.92 Å². The number of halogens is 1. The first-order chi connectivity index (χ1) is 10.8. The Bertz CT molecular complexity index is 519. The molecule has 3 rings (SSSR count). The van der Waals surface area contributed by atoms with Crippen molar-refractivity contribution in [1.82, 2.24) is 10.2 Å². The van der Waals surface area contributed by atoms with Gasteiger partial charge >= 0.3 is 0 Å². The maximum absolute atomic E-state index is 12.7. The lowest BCUT2D eigenvalue weighted by Gasteiger charge is -2.37. The molecule has 1 heterocycles. The first kappa shape index (κ1) is 18.1. The van der Waals surface area contributed by atoms with Crippen LogP contribution in [0.2, 0.25) is 0 Å². The van der Waals surface area contributed by atoms with Gasteiger partial charge in [-0.05, 0) is 18.4 Å². The van der Waals surface area contributed by atoms with Crippen LogP contribution in [-0.2, 0) is 4.79 Å². The SMILES string of the molecule is COc1ccccc1C1CNCCN1C(=O)CCC1CCC1.Cl. The van der Waals surface area contributed by atoms with E-state index in [1.807, 2.05) is 23.1 Å². The Morgan fingerprint density at radius 2 is 2.13 bits per heavy atom. The standard InChI is InChI=1S/C18H26N2O2.ClH/c1-22-17-8-3-2-7-15(17)16-13-19-11-12-20(16)18(21)10-9-14-5-4-6-14;/h2-3,7-8,14,16,19H,4-6,9-13H2,1H3;1H. The first-order valence-corrected chi connectivity index (χ1v) is 8.42. The lowest BCUT2D eigenvalue weighted by Crippen LogP contribution is -2.48. The van der Waals surface area contributed by atoms with E-state index < -0.39 is 0 Å². The van der Waals surface area contributed by atoms with E-state index in [4.69, 9.17) is 4.74 Å². The number of hydrogen-bond acceptors (Lipinski definition) is 3. The number of amides is 1. The molecular weight excluding hydrogens is 312 g/mol. The average Bonchev–Trinajstić information content (AvgIpc) is 2.53. The van der Waals surface area contributed by atoms with Crippen molar-refractivity contribution in [1.29, 1.82) is 0 Å². The summed E-state index contributed by atoms with van der Waals surface area (Å²) in [6, 6.07) is 8.12. The fourth-order valence-corrected chi connectivity index (χ4v) is 3.48. The normalized spacial score (nSPS) is 21.3. The molecule has 2 aliphatic rings. The lowest BCUT2D eigenvalue weighted by atomic mass is 9.82. The van der Waals surface area contributed by atoms with Crippen molar-refractivity contribution in [2.45, 2.75) is 38.1 Å². The second-order valence-corrected chi connectivity index (χ2v) is 6.38. The molecule has 5 heteroatoms. The van der Waals surface area contributed by atoms with Crippen LogP contribution in [0.25, 0.3) is 0 Å². The van der Waals surface area contributed by atoms with E-state index >= 15 is 0 Å². The van der Waals surface area contributed by atoms with Gasteiger partial charge < -0.3 is 15.0 Å². The minimum atomic E-state index is 0. The van der Waals surface area contributed by atoms with Gasteiger partial charge in [0.2, 0.25) is 5.91 Å². The number of carbonyl (C=O) groups excluding carboxylic acids is 1. The fraction of sp³-hybridized carbons (Fsp3) is 0.611. The topological polar surface area (TPSA) is 41.6 Å². The van der Waals surface area contributed by atoms with Crippen LogP contribution in [-0.4, -0.2) is 37.6 Å². The van der Waals surface area contributed by atoms with Crippen molar-refractivity contribution in [3.8, 4) is 5.75 Å². The van der Waals surface area contributed by atoms with Crippen LogP contribution in [0.1, 0.15) is 43.7 Å². The van der Waals surface area contributed by atoms with Crippen molar-refractivity contribution in [3.63, 3.8) is 0 Å². The second kappa shape index (κ2) is 8.55. The van der Waals surface area contributed by atoms with E-state index in [0.717, 1.165) is 43.3 Å². The summed E-state index contributed by atoms with van der Waals surface area (Å²) >= 11 is 0. The maximum Gasteiger partial charge on any atom is 0.223 e. The van der Waals surface area contributed by atoms with Gasteiger partial charge in [0.05, 0.1) is 13.2 Å². The molecule has 0 radical (unpaired) electrons. The van der Waals surface area contributed by atoms with Gasteiger partial charge in [-0.3, -0.25) is 4.79 Å². The van der Waals surface area contributed by atoms with Crippen LogP contribution in [0, 0.1) is 5.92 Å². The van der Waals surface area contributed by atoms with Gasteiger partial charge in [0.15, 0.2) is 0 Å². The van der Waals surface area contributed by atoms with Gasteiger partial charge in [-0.1, -0.05) is 37.5 Å². The van der Waals surface area contributed by atoms with Crippen LogP contribution < -0.4 is 10.1 Å². The third-order valence-electron chi connectivity index (χ3n) is 5.05. The Morgan fingerprint density at radius 1 is 1.35 bits per heavy atom. The second-order valence-electron chi connectivity index (χ2n) is 6.38. The third-order valence-corrected chi connectivity index (χ3v) is 5.05. The van der Waals surface area contributed by atoms with Crippen molar-refractivity contribution < 1.29 is 9.53 Å². The number of benzene rings is 1. The fourth-order valence-electron chi connectivity index (χ4n) is 3.48. The highest BCUT2D eigenvalue weighted by atomic mass is 35.5. The molecule has 1 atom stereocenters. The Morgan fingerprint density at radius 3 is 2.83 bits per heavy atom. The summed E-state index contributed by atoms with van der Waals surface area (Å²) in [4.78, 5) is 14.7. The van der Waals surface area contributed by atoms with Crippen LogP contribution in [0.4, 0.5) is 0 Å². The zero-order valence-corrected chi connectivity index (χ0v) is 14.6. The molecule has 1 aliphatic carbocycles. The van der Waals surface area contributed by atoms with Crippen LogP contribution in [0.3, 0.4) is 0 Å². The molecule has 0 aromatic heterocycles. The summed E-state index contributed by atoms with van der Waals surface area (Å²) in [5.41, 5.74) is 1.11. The van der Waals surface area contributed by atoms with Crippen molar-refractivity contribution >= 4 is 18.3 Å². The Kier molecular flexibility index (Phi) is 6.72. The highest BCUT2D eigenvalue weighted by Crippen LogP contribution is 2.33. The Balaban J connectivity index is 0.00000192. The molecule has 128 valence electrons. The van der Waals surface area contributed by atoms with Gasteiger partial charge in [0.25, 0.3) is 0 Å². The summed E-state index contributed by atoms with van der Waals surface area (Å²) in [5.74, 6) is 1.95. The number of nitrogens with one attached hydrogen (secondary N) is 1. The Hall–Kier alpha value is -1.26. The molecule has 23 heavy (non-hydrogen) atoms. The molecule has 4 nitrogen and oxygen atoms in total. The molecule has 1 saturated carbocycles. The molecule has 0 bridgehead atoms. The number of rotatable bonds is 5. The molecule has 1 aromatic rings.